The summed E-state index contributed by atoms with van der Waals surface area (Å²) in [6.45, 7) is 4.68. The second-order valence-corrected chi connectivity index (χ2v) is 38.3. The average molecular weight is 1850 g/mol. The highest BCUT2D eigenvalue weighted by Crippen LogP contribution is 2.55. The lowest BCUT2D eigenvalue weighted by molar-refractivity contribution is 0.661. The molecule has 0 aliphatic heterocycles. The molecule has 0 radical (unpaired) electrons. The van der Waals surface area contributed by atoms with Gasteiger partial charge in [0.05, 0.1) is 61.2 Å². The van der Waals surface area contributed by atoms with E-state index in [-0.39, 0.29) is 5.41 Å². The lowest BCUT2D eigenvalue weighted by atomic mass is 9.82. The minimum Gasteiger partial charge on any atom is -0.452 e. The van der Waals surface area contributed by atoms with Crippen LogP contribution in [0.2, 0.25) is 0 Å². The van der Waals surface area contributed by atoms with Crippen LogP contribution in [0, 0.1) is 0 Å². The molecule has 0 saturated carbocycles. The summed E-state index contributed by atoms with van der Waals surface area (Å²) >= 11 is 1.85. The van der Waals surface area contributed by atoms with Gasteiger partial charge in [0.1, 0.15) is 50.4 Å². The maximum absolute atomic E-state index is 6.44. The Morgan fingerprint density at radius 1 is 0.224 bits per heavy atom. The Balaban J connectivity index is 0.000000102. The van der Waals surface area contributed by atoms with Crippen LogP contribution in [0.3, 0.4) is 0 Å². The molecule has 13 nitrogen and oxygen atoms in total. The predicted molar refractivity (Wildman–Crippen MR) is 588 cm³/mol. The number of para-hydroxylation sites is 11. The second-order valence-electron chi connectivity index (χ2n) is 37.3. The van der Waals surface area contributed by atoms with Gasteiger partial charge in [0.2, 0.25) is 0 Å². The molecular formula is C129H80N10O3S. The van der Waals surface area contributed by atoms with E-state index >= 15 is 0 Å². The SMILES string of the molecule is CC1(C)c2ccccc2-c2c1ccc1c3ccccc3n(-c3ccccc3-c3nc(-c4ccccc4)c4oc5ccccc5c4n3)c21.c1ccc(-c2nc(-c3ccccc3-n3c4ccccc4c4ccc5c(c6ccccc6n5-c5ccccc5)c43)nc3c2oc2ccccc23)cc1.c1ccc(-c2nc(-c3ccccc3-n3c4ccccc4c4ccc5sc6ccccc6c5c43)nc3c2oc2ccccc23)cc1. The van der Waals surface area contributed by atoms with Crippen molar-refractivity contribution in [2.24, 2.45) is 0 Å². The summed E-state index contributed by atoms with van der Waals surface area (Å²) in [5, 5.41) is 15.2. The molecule has 1 aliphatic carbocycles. The molecule has 0 spiro atoms. The van der Waals surface area contributed by atoms with Crippen molar-refractivity contribution in [2.75, 3.05) is 0 Å². The van der Waals surface area contributed by atoms with Gasteiger partial charge in [-0.15, -0.1) is 11.3 Å². The van der Waals surface area contributed by atoms with Crippen molar-refractivity contribution < 1.29 is 13.3 Å². The van der Waals surface area contributed by atoms with E-state index in [1.54, 1.807) is 0 Å². The molecule has 0 fully saturated rings. The summed E-state index contributed by atoms with van der Waals surface area (Å²) in [5.41, 5.74) is 33.9. The molecule has 31 rings (SSSR count). The van der Waals surface area contributed by atoms with Gasteiger partial charge < -0.3 is 31.5 Å². The number of hydrogen-bond acceptors (Lipinski definition) is 10. The number of fused-ring (bicyclic) bond motifs is 30. The lowest BCUT2D eigenvalue weighted by Crippen LogP contribution is -2.14. The van der Waals surface area contributed by atoms with E-state index in [1.165, 1.54) is 102 Å². The third-order valence-corrected chi connectivity index (χ3v) is 30.1. The van der Waals surface area contributed by atoms with Crippen LogP contribution >= 0.6 is 11.3 Å². The number of thiophene rings is 1. The van der Waals surface area contributed by atoms with Gasteiger partial charge in [-0.25, -0.2) is 29.9 Å². The summed E-state index contributed by atoms with van der Waals surface area (Å²) in [6.07, 6.45) is 0. The van der Waals surface area contributed by atoms with E-state index in [2.05, 4.69) is 372 Å². The van der Waals surface area contributed by atoms with Crippen molar-refractivity contribution in [3.8, 4) is 102 Å². The van der Waals surface area contributed by atoms with E-state index in [4.69, 9.17) is 43.2 Å². The molecule has 11 heterocycles. The highest BCUT2D eigenvalue weighted by Gasteiger charge is 2.39. The number of hydrogen-bond donors (Lipinski definition) is 0. The first-order chi connectivity index (χ1) is 70.8. The van der Waals surface area contributed by atoms with Crippen molar-refractivity contribution in [3.63, 3.8) is 0 Å². The molecule has 19 aromatic carbocycles. The zero-order valence-electron chi connectivity index (χ0n) is 77.3. The van der Waals surface area contributed by atoms with E-state index in [0.717, 1.165) is 150 Å². The van der Waals surface area contributed by atoms with Gasteiger partial charge in [-0.05, 0) is 144 Å². The Labute approximate surface area is 821 Å². The quantitative estimate of drug-likeness (QED) is 0.131. The molecule has 1 aliphatic rings. The summed E-state index contributed by atoms with van der Waals surface area (Å²) in [4.78, 5) is 31.6. The van der Waals surface area contributed by atoms with Crippen molar-refractivity contribution in [2.45, 2.75) is 19.3 Å². The van der Waals surface area contributed by atoms with Crippen LogP contribution in [0.1, 0.15) is 25.0 Å². The number of rotatable bonds is 10. The maximum atomic E-state index is 6.44. The minimum atomic E-state index is -0.109. The van der Waals surface area contributed by atoms with Gasteiger partial charge >= 0.3 is 0 Å². The molecule has 30 aromatic rings. The van der Waals surface area contributed by atoms with Crippen molar-refractivity contribution >= 4 is 185 Å². The highest BCUT2D eigenvalue weighted by atomic mass is 32.1. The molecule has 14 heteroatoms. The number of aromatic nitrogens is 10. The fourth-order valence-corrected chi connectivity index (χ4v) is 23.8. The predicted octanol–water partition coefficient (Wildman–Crippen LogP) is 34.2. The van der Waals surface area contributed by atoms with Gasteiger partial charge in [0.25, 0.3) is 0 Å². The second kappa shape index (κ2) is 32.2. The largest absolute Gasteiger partial charge is 0.452 e. The van der Waals surface area contributed by atoms with Gasteiger partial charge in [0, 0.05) is 129 Å². The molecule has 0 N–H and O–H groups in total. The molecular weight excluding hydrogens is 1770 g/mol. The van der Waals surface area contributed by atoms with Crippen LogP contribution in [-0.2, 0) is 5.41 Å². The van der Waals surface area contributed by atoms with E-state index < -0.39 is 0 Å². The summed E-state index contributed by atoms with van der Waals surface area (Å²) < 4.78 is 31.5. The summed E-state index contributed by atoms with van der Waals surface area (Å²) in [6, 6.07) is 158. The zero-order valence-corrected chi connectivity index (χ0v) is 78.1. The highest BCUT2D eigenvalue weighted by molar-refractivity contribution is 7.26. The summed E-state index contributed by atoms with van der Waals surface area (Å²) in [7, 11) is 0. The van der Waals surface area contributed by atoms with Crippen LogP contribution < -0.4 is 0 Å². The fraction of sp³-hybridized carbons (Fsp3) is 0.0233. The first-order valence-electron chi connectivity index (χ1n) is 48.3. The molecule has 0 atom stereocenters. The Hall–Kier alpha value is -18.8. The number of benzene rings is 19. The van der Waals surface area contributed by atoms with Crippen LogP contribution in [0.4, 0.5) is 0 Å². The Morgan fingerprint density at radius 3 is 1.02 bits per heavy atom. The van der Waals surface area contributed by atoms with Crippen molar-refractivity contribution in [1.82, 2.24) is 48.2 Å². The Bertz CT molecular complexity index is 10500. The van der Waals surface area contributed by atoms with Gasteiger partial charge in [-0.2, -0.15) is 0 Å². The maximum Gasteiger partial charge on any atom is 0.180 e. The van der Waals surface area contributed by atoms with Crippen LogP contribution in [0.5, 0.6) is 0 Å². The molecule has 0 unspecified atom stereocenters. The van der Waals surface area contributed by atoms with Crippen LogP contribution in [0.25, 0.3) is 275 Å². The number of nitrogens with zero attached hydrogens (tertiary/aromatic N) is 10. The van der Waals surface area contributed by atoms with E-state index in [9.17, 15) is 0 Å². The molecule has 0 amide bonds. The first-order valence-corrected chi connectivity index (χ1v) is 49.1. The average Bonchev–Trinajstić information content (AvgIpc) is 1.53. The molecule has 11 aromatic heterocycles. The van der Waals surface area contributed by atoms with Gasteiger partial charge in [-0.3, -0.25) is 0 Å². The zero-order chi connectivity index (χ0) is 94.2. The van der Waals surface area contributed by atoms with Crippen LogP contribution in [0.15, 0.2) is 462 Å². The van der Waals surface area contributed by atoms with E-state index in [1.807, 2.05) is 121 Å². The Morgan fingerprint density at radius 2 is 0.559 bits per heavy atom. The fourth-order valence-electron chi connectivity index (χ4n) is 22.7. The lowest BCUT2D eigenvalue weighted by Gasteiger charge is -2.21. The number of furan rings is 3. The van der Waals surface area contributed by atoms with Gasteiger partial charge in [-0.1, -0.05) is 335 Å². The van der Waals surface area contributed by atoms with Gasteiger partial charge in [0.15, 0.2) is 34.2 Å². The smallest absolute Gasteiger partial charge is 0.180 e. The monoisotopic (exact) mass is 1850 g/mol. The third kappa shape index (κ3) is 12.5. The Kier molecular flexibility index (Phi) is 18.3. The molecule has 143 heavy (non-hydrogen) atoms. The third-order valence-electron chi connectivity index (χ3n) is 29.0. The van der Waals surface area contributed by atoms with Crippen LogP contribution in [-0.4, -0.2) is 48.2 Å². The molecule has 0 saturated heterocycles. The molecule has 0 bridgehead atoms. The molecule has 670 valence electrons. The standard InChI is InChI=1S/C46H28N4O.C43H29N3O.C40H23N3OS/c1-3-15-29(16-4-1)42-45-43(35-22-10-14-26-40(35)51-45)48-46(47-42)34-21-9-13-25-38(34)50-36-23-11-7-19-31(36)32-27-28-39-41(44(32)50)33-20-8-12-24-37(33)49(39)30-17-5-2-6-18-30;1-43(2)32-20-10-6-17-29(32)37-33(43)25-24-28-27-16-7-11-21-34(27)46(40(28)37)35-22-12-8-18-30(35)42-44-38(26-14-4-3-5-15-26)41-39(45-42)31-19-9-13-23-36(31)47-41;1-2-12-24(13-3-1)36-39-37(28-16-6-10-20-32(28)44-39)42-40(41-36)27-15-5-9-19-31(27)43-30-18-8-4-14-25(30)26-22-23-34-35(38(26)43)29-17-7-11-21-33(29)45-34/h1-28H;3-25H,1-2H3;1-23H. The van der Waals surface area contributed by atoms with Crippen molar-refractivity contribution in [1.29, 1.82) is 0 Å². The van der Waals surface area contributed by atoms with E-state index in [0.29, 0.717) is 34.2 Å². The summed E-state index contributed by atoms with van der Waals surface area (Å²) in [5.74, 6) is 1.97. The first kappa shape index (κ1) is 81.4. The normalized spacial score (nSPS) is 12.5. The minimum absolute atomic E-state index is 0.109. The topological polar surface area (TPSA) is 136 Å². The van der Waals surface area contributed by atoms with Crippen molar-refractivity contribution in [3.05, 3.63) is 460 Å².